The first-order chi connectivity index (χ1) is 18.6. The molecule has 1 aliphatic carbocycles. The maximum Gasteiger partial charge on any atom is 0.276 e. The zero-order valence-corrected chi connectivity index (χ0v) is 20.1. The van der Waals surface area contributed by atoms with E-state index in [1.165, 1.54) is 24.8 Å². The number of nitrogens with one attached hydrogen (secondary N) is 1. The number of hydrazone groups is 1. The van der Waals surface area contributed by atoms with Crippen molar-refractivity contribution in [2.75, 3.05) is 0 Å². The summed E-state index contributed by atoms with van der Waals surface area (Å²) in [6, 6.07) is 19.5. The van der Waals surface area contributed by atoms with E-state index in [9.17, 15) is 14.0 Å². The van der Waals surface area contributed by atoms with Crippen LogP contribution in [0.5, 0.6) is 11.5 Å². The molecular formula is C29H22FN5O3. The highest BCUT2D eigenvalue weighted by Gasteiger charge is 2.27. The van der Waals surface area contributed by atoms with Gasteiger partial charge in [-0.15, -0.1) is 0 Å². The van der Waals surface area contributed by atoms with Crippen molar-refractivity contribution in [3.8, 4) is 17.2 Å². The number of aromatic nitrogens is 3. The lowest BCUT2D eigenvalue weighted by atomic mass is 10.1. The molecule has 9 heteroatoms. The smallest absolute Gasteiger partial charge is 0.276 e. The summed E-state index contributed by atoms with van der Waals surface area (Å²) in [4.78, 5) is 30.2. The van der Waals surface area contributed by atoms with Gasteiger partial charge in [0, 0.05) is 30.0 Å². The largest absolute Gasteiger partial charge is 0.457 e. The van der Waals surface area contributed by atoms with Gasteiger partial charge in [0.2, 0.25) is 5.43 Å². The van der Waals surface area contributed by atoms with E-state index in [0.717, 1.165) is 12.8 Å². The van der Waals surface area contributed by atoms with E-state index in [1.54, 1.807) is 29.1 Å². The Balaban J connectivity index is 1.26. The first-order valence-corrected chi connectivity index (χ1v) is 12.1. The summed E-state index contributed by atoms with van der Waals surface area (Å²) in [5, 5.41) is 4.17. The van der Waals surface area contributed by atoms with Gasteiger partial charge in [0.05, 0.1) is 23.7 Å². The van der Waals surface area contributed by atoms with Crippen molar-refractivity contribution in [3.63, 3.8) is 0 Å². The summed E-state index contributed by atoms with van der Waals surface area (Å²) >= 11 is 0. The summed E-state index contributed by atoms with van der Waals surface area (Å²) < 4.78 is 24.2. The molecule has 1 saturated carbocycles. The number of para-hydroxylation sites is 1. The van der Waals surface area contributed by atoms with Crippen molar-refractivity contribution in [2.24, 2.45) is 5.10 Å². The van der Waals surface area contributed by atoms with Gasteiger partial charge in [-0.1, -0.05) is 30.3 Å². The number of hydrogen-bond acceptors (Lipinski definition) is 5. The first kappa shape index (κ1) is 23.4. The third-order valence-electron chi connectivity index (χ3n) is 6.28. The molecule has 0 unspecified atom stereocenters. The van der Waals surface area contributed by atoms with E-state index < -0.39 is 17.2 Å². The van der Waals surface area contributed by atoms with Crippen LogP contribution >= 0.6 is 0 Å². The molecule has 2 aromatic heterocycles. The van der Waals surface area contributed by atoms with Crippen molar-refractivity contribution < 1.29 is 13.9 Å². The minimum atomic E-state index is -0.668. The fourth-order valence-electron chi connectivity index (χ4n) is 4.28. The first-order valence-electron chi connectivity index (χ1n) is 12.1. The maximum absolute atomic E-state index is 15.0. The normalized spacial score (nSPS) is 13.2. The van der Waals surface area contributed by atoms with Crippen LogP contribution in [0.1, 0.15) is 34.8 Å². The molecule has 0 radical (unpaired) electrons. The second kappa shape index (κ2) is 9.78. The molecule has 0 atom stereocenters. The van der Waals surface area contributed by atoms with Crippen LogP contribution in [0.15, 0.2) is 102 Å². The van der Waals surface area contributed by atoms with Crippen LogP contribution in [0.4, 0.5) is 4.39 Å². The fourth-order valence-corrected chi connectivity index (χ4v) is 4.28. The number of nitrogens with zero attached hydrogens (tertiary/aromatic N) is 4. The molecule has 0 spiro atoms. The average Bonchev–Trinajstić information content (AvgIpc) is 3.62. The third-order valence-corrected chi connectivity index (χ3v) is 6.28. The van der Waals surface area contributed by atoms with Crippen LogP contribution in [0.3, 0.4) is 0 Å². The van der Waals surface area contributed by atoms with Crippen LogP contribution in [-0.4, -0.2) is 26.2 Å². The second-order valence-electron chi connectivity index (χ2n) is 8.99. The molecule has 0 saturated heterocycles. The zero-order valence-electron chi connectivity index (χ0n) is 20.1. The number of carbonyl (C=O) groups excluding carboxylic acids is 1. The molecule has 1 aliphatic rings. The predicted octanol–water partition coefficient (Wildman–Crippen LogP) is 5.22. The van der Waals surface area contributed by atoms with E-state index in [2.05, 4.69) is 15.5 Å². The Morgan fingerprint density at radius 2 is 1.89 bits per heavy atom. The quantitative estimate of drug-likeness (QED) is 0.242. The Morgan fingerprint density at radius 1 is 1.08 bits per heavy atom. The number of benzene rings is 3. The van der Waals surface area contributed by atoms with Crippen LogP contribution in [0.2, 0.25) is 0 Å². The number of halogens is 1. The Kier molecular flexibility index (Phi) is 6.01. The molecule has 1 fully saturated rings. The van der Waals surface area contributed by atoms with Crippen LogP contribution < -0.4 is 15.6 Å². The number of imidazole rings is 1. The molecule has 0 bridgehead atoms. The predicted molar refractivity (Wildman–Crippen MR) is 142 cm³/mol. The average molecular weight is 508 g/mol. The van der Waals surface area contributed by atoms with Crippen molar-refractivity contribution in [2.45, 2.75) is 18.9 Å². The molecule has 3 aromatic carbocycles. The molecule has 5 aromatic rings. The monoisotopic (exact) mass is 507 g/mol. The Morgan fingerprint density at radius 3 is 2.66 bits per heavy atom. The van der Waals surface area contributed by atoms with E-state index in [1.807, 2.05) is 53.1 Å². The SMILES string of the molecule is O=C(N/N=C\c1cccc(Oc2ccccc2)c1)c1cn(C2CC2)c2cc(-n3ccnc3)c(F)cc2c1=O. The zero-order chi connectivity index (χ0) is 26.1. The van der Waals surface area contributed by atoms with Crippen molar-refractivity contribution >= 4 is 23.0 Å². The van der Waals surface area contributed by atoms with Crippen LogP contribution in [0.25, 0.3) is 16.6 Å². The van der Waals surface area contributed by atoms with E-state index in [0.29, 0.717) is 22.6 Å². The number of fused-ring (bicyclic) bond motifs is 1. The molecule has 6 rings (SSSR count). The summed E-state index contributed by atoms with van der Waals surface area (Å²) in [5.41, 5.74) is 3.32. The van der Waals surface area contributed by atoms with Gasteiger partial charge in [-0.2, -0.15) is 5.10 Å². The number of amides is 1. The van der Waals surface area contributed by atoms with E-state index in [4.69, 9.17) is 4.74 Å². The van der Waals surface area contributed by atoms with Gasteiger partial charge in [0.1, 0.15) is 22.9 Å². The van der Waals surface area contributed by atoms with Gasteiger partial charge < -0.3 is 13.9 Å². The van der Waals surface area contributed by atoms with E-state index in [-0.39, 0.29) is 22.7 Å². The van der Waals surface area contributed by atoms with Gasteiger partial charge >= 0.3 is 0 Å². The number of hydrogen-bond donors (Lipinski definition) is 1. The maximum atomic E-state index is 15.0. The molecule has 0 aliphatic heterocycles. The van der Waals surface area contributed by atoms with Crippen molar-refractivity contribution in [1.82, 2.24) is 19.5 Å². The Bertz CT molecular complexity index is 1730. The summed E-state index contributed by atoms with van der Waals surface area (Å²) in [6.07, 6.45) is 9.51. The Hall–Kier alpha value is -5.05. The minimum Gasteiger partial charge on any atom is -0.457 e. The summed E-state index contributed by atoms with van der Waals surface area (Å²) in [7, 11) is 0. The van der Waals surface area contributed by atoms with Crippen molar-refractivity contribution in [1.29, 1.82) is 0 Å². The van der Waals surface area contributed by atoms with Gasteiger partial charge in [-0.3, -0.25) is 9.59 Å². The lowest BCUT2D eigenvalue weighted by Crippen LogP contribution is -2.27. The molecule has 1 N–H and O–H groups in total. The highest BCUT2D eigenvalue weighted by atomic mass is 19.1. The Labute approximate surface area is 216 Å². The fraction of sp³-hybridized carbons (Fsp3) is 0.103. The number of pyridine rings is 1. The lowest BCUT2D eigenvalue weighted by Gasteiger charge is -2.14. The summed E-state index contributed by atoms with van der Waals surface area (Å²) in [5.74, 6) is 0.0681. The van der Waals surface area contributed by atoms with Gasteiger partial charge in [0.25, 0.3) is 5.91 Å². The van der Waals surface area contributed by atoms with Gasteiger partial charge in [-0.05, 0) is 54.8 Å². The standard InChI is InChI=1S/C29H22FN5O3/c30-25-14-23-26(15-27(25)34-12-11-31-18-34)35(20-9-10-20)17-24(28(23)36)29(37)33-32-16-19-5-4-8-22(13-19)38-21-6-2-1-3-7-21/h1-8,11-18,20H,9-10H2,(H,33,37)/b32-16-. The highest BCUT2D eigenvalue weighted by Crippen LogP contribution is 2.37. The molecule has 38 heavy (non-hydrogen) atoms. The molecular weight excluding hydrogens is 485 g/mol. The second-order valence-corrected chi connectivity index (χ2v) is 8.99. The third kappa shape index (κ3) is 4.69. The van der Waals surface area contributed by atoms with Crippen LogP contribution in [0, 0.1) is 5.82 Å². The molecule has 2 heterocycles. The number of carbonyl (C=O) groups is 1. The molecule has 188 valence electrons. The van der Waals surface area contributed by atoms with Crippen molar-refractivity contribution in [3.05, 3.63) is 119 Å². The lowest BCUT2D eigenvalue weighted by molar-refractivity contribution is 0.0953. The summed E-state index contributed by atoms with van der Waals surface area (Å²) in [6.45, 7) is 0. The molecule has 8 nitrogen and oxygen atoms in total. The number of rotatable bonds is 7. The van der Waals surface area contributed by atoms with E-state index >= 15 is 0 Å². The molecule has 1 amide bonds. The minimum absolute atomic E-state index is 0.0995. The topological polar surface area (TPSA) is 90.5 Å². The van der Waals surface area contributed by atoms with Crippen LogP contribution in [-0.2, 0) is 0 Å². The highest BCUT2D eigenvalue weighted by molar-refractivity contribution is 5.98. The number of ether oxygens (including phenoxy) is 1. The van der Waals surface area contributed by atoms with Gasteiger partial charge in [-0.25, -0.2) is 14.8 Å². The van der Waals surface area contributed by atoms with Gasteiger partial charge in [0.15, 0.2) is 0 Å².